The Morgan fingerprint density at radius 3 is 1.64 bits per heavy atom. The van der Waals surface area contributed by atoms with Crippen molar-refractivity contribution in [3.8, 4) is 28.7 Å². The molecule has 0 aliphatic rings. The molecule has 10 aromatic rings. The van der Waals surface area contributed by atoms with E-state index >= 15 is 0 Å². The summed E-state index contributed by atoms with van der Waals surface area (Å²) in [5.74, 6) is 1.64. The lowest BCUT2D eigenvalue weighted by Crippen LogP contribution is -2.06. The highest BCUT2D eigenvalue weighted by atomic mass is 16.3. The zero-order valence-electron chi connectivity index (χ0n) is 23.7. The molecule has 0 radical (unpaired) electrons. The molecular formula is C38H21N5O2. The maximum Gasteiger partial charge on any atom is 0.238 e. The highest BCUT2D eigenvalue weighted by molar-refractivity contribution is 6.13. The first-order chi connectivity index (χ1) is 22.3. The first-order valence-electron chi connectivity index (χ1n) is 14.7. The monoisotopic (exact) mass is 579 g/mol. The normalized spacial score (nSPS) is 12.0. The average molecular weight is 580 g/mol. The molecule has 0 aliphatic carbocycles. The fourth-order valence-corrected chi connectivity index (χ4v) is 6.67. The van der Waals surface area contributed by atoms with E-state index in [1.165, 1.54) is 0 Å². The molecule has 10 rings (SSSR count). The standard InChI is InChI=1S/C38H21N5O2/c1-4-14-28-22(9-1)23-10-2-5-15-29(23)43(28)38-41-36(26-12-7-17-31-34(26)24-11-3-6-16-30(24)44-31)40-37(42-38)27-13-8-18-32-35(27)25-19-20-39-21-33(25)45-32/h1-21H. The van der Waals surface area contributed by atoms with Gasteiger partial charge in [0.25, 0.3) is 0 Å². The van der Waals surface area contributed by atoms with E-state index in [4.69, 9.17) is 23.8 Å². The van der Waals surface area contributed by atoms with E-state index in [1.54, 1.807) is 12.4 Å². The topological polar surface area (TPSA) is 82.8 Å². The lowest BCUT2D eigenvalue weighted by Gasteiger charge is -2.12. The third-order valence-corrected chi connectivity index (χ3v) is 8.59. The van der Waals surface area contributed by atoms with Crippen LogP contribution in [-0.2, 0) is 0 Å². The predicted molar refractivity (Wildman–Crippen MR) is 177 cm³/mol. The van der Waals surface area contributed by atoms with Crippen LogP contribution in [0.25, 0.3) is 94.4 Å². The molecule has 45 heavy (non-hydrogen) atoms. The number of fused-ring (bicyclic) bond motifs is 9. The summed E-state index contributed by atoms with van der Waals surface area (Å²) < 4.78 is 14.6. The lowest BCUT2D eigenvalue weighted by atomic mass is 10.0. The number of para-hydroxylation sites is 3. The number of hydrogen-bond donors (Lipinski definition) is 0. The van der Waals surface area contributed by atoms with Gasteiger partial charge in [0, 0.05) is 49.6 Å². The number of hydrogen-bond acceptors (Lipinski definition) is 6. The summed E-state index contributed by atoms with van der Waals surface area (Å²) in [4.78, 5) is 19.9. The molecule has 0 fully saturated rings. The molecule has 0 atom stereocenters. The van der Waals surface area contributed by atoms with E-state index in [9.17, 15) is 0 Å². The van der Waals surface area contributed by atoms with Crippen LogP contribution in [0.2, 0.25) is 0 Å². The van der Waals surface area contributed by atoms with Gasteiger partial charge in [-0.2, -0.15) is 9.97 Å². The molecule has 0 unspecified atom stereocenters. The maximum absolute atomic E-state index is 6.25. The van der Waals surface area contributed by atoms with Crippen LogP contribution in [-0.4, -0.2) is 24.5 Å². The van der Waals surface area contributed by atoms with Crippen LogP contribution in [0.5, 0.6) is 0 Å². The van der Waals surface area contributed by atoms with Gasteiger partial charge in [-0.05, 0) is 36.4 Å². The van der Waals surface area contributed by atoms with E-state index in [0.29, 0.717) is 23.2 Å². The minimum Gasteiger partial charge on any atom is -0.456 e. The van der Waals surface area contributed by atoms with Gasteiger partial charge in [-0.25, -0.2) is 4.98 Å². The number of rotatable bonds is 3. The predicted octanol–water partition coefficient (Wildman–Crippen LogP) is 9.50. The van der Waals surface area contributed by atoms with E-state index < -0.39 is 0 Å². The van der Waals surface area contributed by atoms with Gasteiger partial charge in [0.2, 0.25) is 5.95 Å². The van der Waals surface area contributed by atoms with Gasteiger partial charge in [-0.1, -0.05) is 78.9 Å². The molecule has 0 N–H and O–H groups in total. The van der Waals surface area contributed by atoms with Crippen LogP contribution in [0.1, 0.15) is 0 Å². The second kappa shape index (κ2) is 9.08. The first-order valence-corrected chi connectivity index (χ1v) is 14.7. The number of nitrogens with zero attached hydrogens (tertiary/aromatic N) is 5. The van der Waals surface area contributed by atoms with Gasteiger partial charge in [-0.3, -0.25) is 9.55 Å². The molecule has 0 spiro atoms. The third-order valence-electron chi connectivity index (χ3n) is 8.59. The van der Waals surface area contributed by atoms with Crippen molar-refractivity contribution in [1.82, 2.24) is 24.5 Å². The Morgan fingerprint density at radius 1 is 0.444 bits per heavy atom. The van der Waals surface area contributed by atoms with Gasteiger partial charge >= 0.3 is 0 Å². The van der Waals surface area contributed by atoms with Crippen LogP contribution < -0.4 is 0 Å². The summed E-state index contributed by atoms with van der Waals surface area (Å²) in [5, 5.41) is 6.14. The molecule has 7 heteroatoms. The van der Waals surface area contributed by atoms with Crippen molar-refractivity contribution in [3.05, 3.63) is 128 Å². The Labute approximate surface area is 255 Å². The zero-order chi connectivity index (χ0) is 29.5. The van der Waals surface area contributed by atoms with Gasteiger partial charge in [0.1, 0.15) is 16.7 Å². The van der Waals surface area contributed by atoms with Crippen LogP contribution in [0.15, 0.2) is 136 Å². The largest absolute Gasteiger partial charge is 0.456 e. The van der Waals surface area contributed by atoms with Crippen molar-refractivity contribution in [2.45, 2.75) is 0 Å². The van der Waals surface area contributed by atoms with Crippen LogP contribution in [0, 0.1) is 0 Å². The van der Waals surface area contributed by atoms with Crippen molar-refractivity contribution >= 4 is 65.7 Å². The molecular weight excluding hydrogens is 558 g/mol. The second-order valence-electron chi connectivity index (χ2n) is 11.1. The molecule has 0 bridgehead atoms. The molecule has 0 aliphatic heterocycles. The van der Waals surface area contributed by atoms with Crippen molar-refractivity contribution in [2.75, 3.05) is 0 Å². The highest BCUT2D eigenvalue weighted by Crippen LogP contribution is 2.39. The fourth-order valence-electron chi connectivity index (χ4n) is 6.67. The number of benzene rings is 5. The van der Waals surface area contributed by atoms with E-state index in [1.807, 2.05) is 66.7 Å². The Hall–Kier alpha value is -6.34. The Balaban J connectivity index is 1.34. The minimum atomic E-state index is 0.531. The summed E-state index contributed by atoms with van der Waals surface area (Å²) >= 11 is 0. The molecule has 0 amide bonds. The molecule has 5 heterocycles. The van der Waals surface area contributed by atoms with Gasteiger partial charge in [0.05, 0.1) is 17.2 Å². The Morgan fingerprint density at radius 2 is 0.978 bits per heavy atom. The maximum atomic E-state index is 6.25. The Kier molecular flexibility index (Phi) is 4.87. The molecule has 5 aromatic carbocycles. The lowest BCUT2D eigenvalue weighted by molar-refractivity contribution is 0.667. The number of aromatic nitrogens is 5. The fraction of sp³-hybridized carbons (Fsp3) is 0. The van der Waals surface area contributed by atoms with Gasteiger partial charge in [-0.15, -0.1) is 0 Å². The second-order valence-corrected chi connectivity index (χ2v) is 11.1. The molecule has 5 aromatic heterocycles. The van der Waals surface area contributed by atoms with Gasteiger partial charge in [0.15, 0.2) is 17.2 Å². The summed E-state index contributed by atoms with van der Waals surface area (Å²) in [6.45, 7) is 0. The van der Waals surface area contributed by atoms with Crippen LogP contribution >= 0.6 is 0 Å². The van der Waals surface area contributed by atoms with E-state index in [0.717, 1.165) is 71.2 Å². The molecule has 210 valence electrons. The molecule has 0 saturated carbocycles. The average Bonchev–Trinajstić information content (AvgIpc) is 3.77. The summed E-state index contributed by atoms with van der Waals surface area (Å²) in [7, 11) is 0. The van der Waals surface area contributed by atoms with Crippen molar-refractivity contribution in [1.29, 1.82) is 0 Å². The summed E-state index contributed by atoms with van der Waals surface area (Å²) in [6, 6.07) is 38.8. The van der Waals surface area contributed by atoms with Crippen molar-refractivity contribution in [3.63, 3.8) is 0 Å². The quantitative estimate of drug-likeness (QED) is 0.207. The third kappa shape index (κ3) is 3.46. The molecule has 0 saturated heterocycles. The van der Waals surface area contributed by atoms with Crippen molar-refractivity contribution < 1.29 is 8.83 Å². The minimum absolute atomic E-state index is 0.531. The Bertz CT molecular complexity index is 2600. The van der Waals surface area contributed by atoms with Crippen LogP contribution in [0.4, 0.5) is 0 Å². The summed E-state index contributed by atoms with van der Waals surface area (Å²) in [6.07, 6.45) is 3.52. The van der Waals surface area contributed by atoms with E-state index in [-0.39, 0.29) is 0 Å². The van der Waals surface area contributed by atoms with Gasteiger partial charge < -0.3 is 8.83 Å². The smallest absolute Gasteiger partial charge is 0.238 e. The number of pyridine rings is 1. The highest BCUT2D eigenvalue weighted by Gasteiger charge is 2.22. The summed E-state index contributed by atoms with van der Waals surface area (Å²) in [5.41, 5.74) is 6.83. The zero-order valence-corrected chi connectivity index (χ0v) is 23.7. The molecule has 7 nitrogen and oxygen atoms in total. The number of furan rings is 2. The van der Waals surface area contributed by atoms with Crippen molar-refractivity contribution in [2.24, 2.45) is 0 Å². The SMILES string of the molecule is c1ccc2c(c1)oc1cccc(-c3nc(-c4cccc5oc6cnccc6c45)nc(-n4c5ccccc5c5ccccc54)n3)c12. The van der Waals surface area contributed by atoms with Crippen LogP contribution in [0.3, 0.4) is 0 Å². The first kappa shape index (κ1) is 24.1. The van der Waals surface area contributed by atoms with E-state index in [2.05, 4.69) is 58.1 Å².